The lowest BCUT2D eigenvalue weighted by molar-refractivity contribution is 0.0656. The molecule has 0 aromatic heterocycles. The highest BCUT2D eigenvalue weighted by molar-refractivity contribution is 6.30. The molecule has 6 heteroatoms. The predicted molar refractivity (Wildman–Crippen MR) is 115 cm³/mol. The van der Waals surface area contributed by atoms with Crippen molar-refractivity contribution in [1.82, 2.24) is 10.2 Å². The number of fused-ring (bicyclic) bond motifs is 2. The molecule has 1 atom stereocenters. The van der Waals surface area contributed by atoms with Gasteiger partial charge >= 0.3 is 0 Å². The number of amides is 2. The van der Waals surface area contributed by atoms with Crippen LogP contribution in [0.2, 0.25) is 5.02 Å². The van der Waals surface area contributed by atoms with Gasteiger partial charge in [-0.15, -0.1) is 0 Å². The van der Waals surface area contributed by atoms with Crippen LogP contribution < -0.4 is 10.2 Å². The molecule has 0 unspecified atom stereocenters. The zero-order chi connectivity index (χ0) is 20.4. The van der Waals surface area contributed by atoms with Gasteiger partial charge in [0.05, 0.1) is 11.3 Å². The Bertz CT molecular complexity index is 930. The number of carbonyl (C=O) groups excluding carboxylic acids is 2. The van der Waals surface area contributed by atoms with E-state index in [0.717, 1.165) is 50.0 Å². The Labute approximate surface area is 176 Å². The highest BCUT2D eigenvalue weighted by atomic mass is 35.5. The van der Waals surface area contributed by atoms with Crippen LogP contribution in [0.25, 0.3) is 0 Å². The van der Waals surface area contributed by atoms with Crippen molar-refractivity contribution in [2.45, 2.75) is 45.3 Å². The summed E-state index contributed by atoms with van der Waals surface area (Å²) < 4.78 is 0. The molecule has 1 N–H and O–H groups in total. The van der Waals surface area contributed by atoms with E-state index in [9.17, 15) is 9.59 Å². The fourth-order valence-electron chi connectivity index (χ4n) is 4.37. The van der Waals surface area contributed by atoms with Gasteiger partial charge < -0.3 is 15.1 Å². The van der Waals surface area contributed by atoms with Gasteiger partial charge in [0.15, 0.2) is 0 Å². The van der Waals surface area contributed by atoms with E-state index < -0.39 is 0 Å². The first-order chi connectivity index (χ1) is 14.1. The summed E-state index contributed by atoms with van der Waals surface area (Å²) in [5, 5.41) is 3.60. The molecule has 2 aromatic carbocycles. The van der Waals surface area contributed by atoms with E-state index in [1.807, 2.05) is 35.2 Å². The number of hydrogen-bond acceptors (Lipinski definition) is 3. The van der Waals surface area contributed by atoms with Gasteiger partial charge in [-0.2, -0.15) is 0 Å². The Kier molecular flexibility index (Phi) is 5.76. The molecule has 1 fully saturated rings. The molecule has 4 rings (SSSR count). The Morgan fingerprint density at radius 2 is 2.03 bits per heavy atom. The second-order valence-electron chi connectivity index (χ2n) is 7.66. The van der Waals surface area contributed by atoms with Crippen molar-refractivity contribution in [1.29, 1.82) is 0 Å². The van der Waals surface area contributed by atoms with Gasteiger partial charge in [-0.25, -0.2) is 0 Å². The molecule has 2 amide bonds. The van der Waals surface area contributed by atoms with Crippen LogP contribution in [0.15, 0.2) is 42.5 Å². The fraction of sp³-hybridized carbons (Fsp3) is 0.391. The Morgan fingerprint density at radius 1 is 1.17 bits per heavy atom. The zero-order valence-electron chi connectivity index (χ0n) is 16.7. The summed E-state index contributed by atoms with van der Waals surface area (Å²) in [4.78, 5) is 30.1. The van der Waals surface area contributed by atoms with Gasteiger partial charge in [-0.05, 0) is 62.1 Å². The summed E-state index contributed by atoms with van der Waals surface area (Å²) in [6.45, 7) is 4.12. The normalized spacial score (nSPS) is 18.7. The van der Waals surface area contributed by atoms with Gasteiger partial charge in [-0.3, -0.25) is 9.59 Å². The van der Waals surface area contributed by atoms with Crippen LogP contribution >= 0.6 is 11.6 Å². The summed E-state index contributed by atoms with van der Waals surface area (Å²) in [6, 6.07) is 12.9. The van der Waals surface area contributed by atoms with E-state index in [1.165, 1.54) is 0 Å². The minimum absolute atomic E-state index is 0.0856. The number of rotatable bonds is 4. The Hall–Kier alpha value is -2.53. The molecule has 152 valence electrons. The molecule has 0 aliphatic carbocycles. The highest BCUT2D eigenvalue weighted by Gasteiger charge is 2.37. The first-order valence-electron chi connectivity index (χ1n) is 10.3. The highest BCUT2D eigenvalue weighted by Crippen LogP contribution is 2.35. The van der Waals surface area contributed by atoms with E-state index in [2.05, 4.69) is 17.1 Å². The monoisotopic (exact) mass is 411 g/mol. The van der Waals surface area contributed by atoms with Crippen LogP contribution in [0.1, 0.15) is 58.9 Å². The fourth-order valence-corrected chi connectivity index (χ4v) is 4.58. The van der Waals surface area contributed by atoms with E-state index >= 15 is 0 Å². The average molecular weight is 412 g/mol. The summed E-state index contributed by atoms with van der Waals surface area (Å²) in [5.41, 5.74) is 3.08. The summed E-state index contributed by atoms with van der Waals surface area (Å²) in [5.74, 6) is -0.0675. The molecular formula is C23H26ClN3O2. The van der Waals surface area contributed by atoms with Crippen LogP contribution in [-0.2, 0) is 6.54 Å². The van der Waals surface area contributed by atoms with E-state index in [0.29, 0.717) is 22.7 Å². The van der Waals surface area contributed by atoms with Crippen molar-refractivity contribution < 1.29 is 9.59 Å². The Balaban J connectivity index is 1.58. The molecule has 0 radical (unpaired) electrons. The van der Waals surface area contributed by atoms with Crippen LogP contribution in [0.3, 0.4) is 0 Å². The number of hydrogen-bond donors (Lipinski definition) is 1. The second kappa shape index (κ2) is 8.46. The third-order valence-corrected chi connectivity index (χ3v) is 6.06. The molecule has 2 aliphatic rings. The third-order valence-electron chi connectivity index (χ3n) is 5.82. The lowest BCUT2D eigenvalue weighted by Crippen LogP contribution is -2.55. The van der Waals surface area contributed by atoms with Crippen LogP contribution in [0.5, 0.6) is 0 Å². The molecule has 1 saturated heterocycles. The molecule has 0 saturated carbocycles. The minimum Gasteiger partial charge on any atom is -0.351 e. The lowest BCUT2D eigenvalue weighted by Gasteiger charge is -2.44. The van der Waals surface area contributed by atoms with Crippen molar-refractivity contribution in [2.24, 2.45) is 0 Å². The van der Waals surface area contributed by atoms with Gasteiger partial charge in [0.25, 0.3) is 11.8 Å². The number of halogens is 1. The van der Waals surface area contributed by atoms with Crippen LogP contribution in [0, 0.1) is 0 Å². The minimum atomic E-state index is -0.153. The third kappa shape index (κ3) is 3.97. The van der Waals surface area contributed by atoms with E-state index in [1.54, 1.807) is 12.1 Å². The van der Waals surface area contributed by atoms with Gasteiger partial charge in [-0.1, -0.05) is 30.2 Å². The molecular weight excluding hydrogens is 386 g/mol. The number of benzene rings is 2. The smallest absolute Gasteiger partial charge is 0.257 e. The Morgan fingerprint density at radius 3 is 2.83 bits per heavy atom. The lowest BCUT2D eigenvalue weighted by atomic mass is 10.0. The van der Waals surface area contributed by atoms with Gasteiger partial charge in [0.1, 0.15) is 6.17 Å². The summed E-state index contributed by atoms with van der Waals surface area (Å²) in [6.07, 6.45) is 4.40. The standard InChI is InChI=1S/C23H26ClN3O2/c1-2-26-20-14-17(22(28)25-15-16-7-6-8-18(24)13-16)10-11-19(20)23(29)27-12-5-3-4-9-21(26)27/h6-8,10-11,13-14,21H,2-5,9,12,15H2,1H3,(H,25,28)/t21-/m1/s1. The van der Waals surface area contributed by atoms with Crippen LogP contribution in [0.4, 0.5) is 5.69 Å². The van der Waals surface area contributed by atoms with E-state index in [-0.39, 0.29) is 18.0 Å². The topological polar surface area (TPSA) is 52.7 Å². The number of anilines is 1. The SMILES string of the molecule is CCN1c2cc(C(=O)NCc3cccc(Cl)c3)ccc2C(=O)N2CCCCC[C@@H]21. The second-order valence-corrected chi connectivity index (χ2v) is 8.10. The first kappa shape index (κ1) is 19.8. The van der Waals surface area contributed by atoms with Crippen molar-refractivity contribution in [3.05, 3.63) is 64.2 Å². The molecule has 2 aromatic rings. The van der Waals surface area contributed by atoms with Crippen molar-refractivity contribution in [2.75, 3.05) is 18.0 Å². The molecule has 0 bridgehead atoms. The molecule has 2 heterocycles. The van der Waals surface area contributed by atoms with Crippen molar-refractivity contribution >= 4 is 29.1 Å². The number of carbonyl (C=O) groups is 2. The largest absolute Gasteiger partial charge is 0.351 e. The van der Waals surface area contributed by atoms with E-state index in [4.69, 9.17) is 11.6 Å². The predicted octanol–water partition coefficient (Wildman–Crippen LogP) is 4.45. The number of nitrogens with one attached hydrogen (secondary N) is 1. The van der Waals surface area contributed by atoms with Gasteiger partial charge in [0, 0.05) is 30.2 Å². The number of nitrogens with zero attached hydrogens (tertiary/aromatic N) is 2. The summed E-state index contributed by atoms with van der Waals surface area (Å²) in [7, 11) is 0. The maximum Gasteiger partial charge on any atom is 0.257 e. The quantitative estimate of drug-likeness (QED) is 0.808. The molecule has 29 heavy (non-hydrogen) atoms. The van der Waals surface area contributed by atoms with Crippen molar-refractivity contribution in [3.63, 3.8) is 0 Å². The first-order valence-corrected chi connectivity index (χ1v) is 10.7. The zero-order valence-corrected chi connectivity index (χ0v) is 17.4. The molecule has 2 aliphatic heterocycles. The molecule has 0 spiro atoms. The molecule has 5 nitrogen and oxygen atoms in total. The maximum atomic E-state index is 13.1. The maximum absolute atomic E-state index is 13.1. The van der Waals surface area contributed by atoms with Crippen molar-refractivity contribution in [3.8, 4) is 0 Å². The average Bonchev–Trinajstić information content (AvgIpc) is 2.98. The van der Waals surface area contributed by atoms with Crippen LogP contribution in [-0.4, -0.2) is 36.0 Å². The van der Waals surface area contributed by atoms with Gasteiger partial charge in [0.2, 0.25) is 0 Å². The summed E-state index contributed by atoms with van der Waals surface area (Å²) >= 11 is 6.02.